The average molecular weight is 335 g/mol. The molecule has 0 aliphatic heterocycles. The first-order chi connectivity index (χ1) is 10.8. The van der Waals surface area contributed by atoms with Crippen LogP contribution < -0.4 is 4.90 Å². The number of sulfone groups is 1. The molecule has 0 heterocycles. The Morgan fingerprint density at radius 3 is 2.26 bits per heavy atom. The molecule has 0 saturated carbocycles. The number of anilines is 1. The molecule has 0 aliphatic carbocycles. The van der Waals surface area contributed by atoms with E-state index in [1.807, 2.05) is 0 Å². The first kappa shape index (κ1) is 17.1. The van der Waals surface area contributed by atoms with Crippen molar-refractivity contribution in [3.8, 4) is 0 Å². The predicted octanol–water partition coefficient (Wildman–Crippen LogP) is 2.79. The highest BCUT2D eigenvalue weighted by molar-refractivity contribution is 7.92. The number of para-hydroxylation sites is 1. The van der Waals surface area contributed by atoms with Gasteiger partial charge in [0.15, 0.2) is 9.84 Å². The molecule has 6 heteroatoms. The molecule has 2 aromatic rings. The van der Waals surface area contributed by atoms with Crippen molar-refractivity contribution in [3.05, 3.63) is 66.0 Å². The van der Waals surface area contributed by atoms with Crippen molar-refractivity contribution in [3.63, 3.8) is 0 Å². The number of hydrogen-bond acceptors (Lipinski definition) is 3. The number of carbonyl (C=O) groups excluding carboxylic acids is 1. The lowest BCUT2D eigenvalue weighted by Gasteiger charge is -2.21. The standard InChI is InChI=1S/C17H18FNO3S/c1-13(17(20)19(2)15-9-4-3-5-10-15)23(21,22)12-14-8-6-7-11-16(14)18/h3-11,13H,12H2,1-2H3. The average Bonchev–Trinajstić information content (AvgIpc) is 2.55. The smallest absolute Gasteiger partial charge is 0.244 e. The Morgan fingerprint density at radius 1 is 1.09 bits per heavy atom. The number of amides is 1. The Hall–Kier alpha value is -2.21. The molecule has 4 nitrogen and oxygen atoms in total. The zero-order valence-electron chi connectivity index (χ0n) is 12.9. The molecule has 2 aromatic carbocycles. The molecule has 1 atom stereocenters. The van der Waals surface area contributed by atoms with Gasteiger partial charge in [0.2, 0.25) is 5.91 Å². The van der Waals surface area contributed by atoms with Gasteiger partial charge < -0.3 is 4.90 Å². The molecule has 0 spiro atoms. The van der Waals surface area contributed by atoms with Crippen molar-refractivity contribution in [2.75, 3.05) is 11.9 Å². The van der Waals surface area contributed by atoms with E-state index in [0.717, 1.165) is 0 Å². The van der Waals surface area contributed by atoms with Gasteiger partial charge >= 0.3 is 0 Å². The summed E-state index contributed by atoms with van der Waals surface area (Å²) in [5.41, 5.74) is 0.667. The molecular weight excluding hydrogens is 317 g/mol. The zero-order chi connectivity index (χ0) is 17.0. The van der Waals surface area contributed by atoms with Crippen LogP contribution in [0.5, 0.6) is 0 Å². The van der Waals surface area contributed by atoms with Crippen molar-refractivity contribution in [2.45, 2.75) is 17.9 Å². The summed E-state index contributed by atoms with van der Waals surface area (Å²) < 4.78 is 38.5. The summed E-state index contributed by atoms with van der Waals surface area (Å²) in [7, 11) is -2.30. The van der Waals surface area contributed by atoms with Crippen molar-refractivity contribution in [2.24, 2.45) is 0 Å². The second-order valence-corrected chi connectivity index (χ2v) is 7.60. The third-order valence-corrected chi connectivity index (χ3v) is 5.67. The van der Waals surface area contributed by atoms with Gasteiger partial charge in [-0.1, -0.05) is 36.4 Å². The molecule has 2 rings (SSSR count). The van der Waals surface area contributed by atoms with Crippen LogP contribution in [0.4, 0.5) is 10.1 Å². The monoisotopic (exact) mass is 335 g/mol. The summed E-state index contributed by atoms with van der Waals surface area (Å²) in [5.74, 6) is -1.64. The van der Waals surface area contributed by atoms with Crippen LogP contribution in [0.25, 0.3) is 0 Å². The van der Waals surface area contributed by atoms with Crippen LogP contribution in [0.15, 0.2) is 54.6 Å². The summed E-state index contributed by atoms with van der Waals surface area (Å²) in [5, 5.41) is -1.26. The third-order valence-electron chi connectivity index (χ3n) is 3.68. The van der Waals surface area contributed by atoms with Gasteiger partial charge in [0.05, 0.1) is 5.75 Å². The molecule has 0 N–H and O–H groups in total. The van der Waals surface area contributed by atoms with Crippen LogP contribution in [0.2, 0.25) is 0 Å². The number of hydrogen-bond donors (Lipinski definition) is 0. The van der Waals surface area contributed by atoms with Gasteiger partial charge in [0, 0.05) is 18.3 Å². The van der Waals surface area contributed by atoms with Gasteiger partial charge in [0.25, 0.3) is 0 Å². The molecule has 0 radical (unpaired) electrons. The third kappa shape index (κ3) is 3.96. The van der Waals surface area contributed by atoms with E-state index >= 15 is 0 Å². The van der Waals surface area contributed by atoms with E-state index in [2.05, 4.69) is 0 Å². The minimum absolute atomic E-state index is 0.0644. The topological polar surface area (TPSA) is 54.5 Å². The van der Waals surface area contributed by atoms with Crippen LogP contribution in [-0.2, 0) is 20.4 Å². The SMILES string of the molecule is CC(C(=O)N(C)c1ccccc1)S(=O)(=O)Cc1ccccc1F. The van der Waals surface area contributed by atoms with Gasteiger partial charge in [-0.2, -0.15) is 0 Å². The lowest BCUT2D eigenvalue weighted by molar-refractivity contribution is -0.117. The molecule has 0 aliphatic rings. The van der Waals surface area contributed by atoms with Gasteiger partial charge in [-0.3, -0.25) is 4.79 Å². The first-order valence-corrected chi connectivity index (χ1v) is 8.82. The maximum atomic E-state index is 13.6. The number of carbonyl (C=O) groups is 1. The summed E-state index contributed by atoms with van der Waals surface area (Å²) in [6.45, 7) is 1.33. The minimum Gasteiger partial charge on any atom is -0.314 e. The molecule has 23 heavy (non-hydrogen) atoms. The number of benzene rings is 2. The summed E-state index contributed by atoms with van der Waals surface area (Å²) in [6, 6.07) is 14.4. The van der Waals surface area contributed by atoms with E-state index in [1.165, 1.54) is 37.1 Å². The van der Waals surface area contributed by atoms with E-state index in [1.54, 1.807) is 36.4 Å². The number of halogens is 1. The van der Waals surface area contributed by atoms with E-state index in [9.17, 15) is 17.6 Å². The van der Waals surface area contributed by atoms with Gasteiger partial charge in [-0.25, -0.2) is 12.8 Å². The zero-order valence-corrected chi connectivity index (χ0v) is 13.8. The van der Waals surface area contributed by atoms with Gasteiger partial charge in [-0.05, 0) is 25.1 Å². The number of rotatable bonds is 5. The van der Waals surface area contributed by atoms with Crippen molar-refractivity contribution >= 4 is 21.4 Å². The summed E-state index contributed by atoms with van der Waals surface area (Å²) >= 11 is 0. The van der Waals surface area contributed by atoms with E-state index in [4.69, 9.17) is 0 Å². The molecule has 1 unspecified atom stereocenters. The van der Waals surface area contributed by atoms with Crippen molar-refractivity contribution in [1.82, 2.24) is 0 Å². The van der Waals surface area contributed by atoms with Crippen LogP contribution in [0.3, 0.4) is 0 Å². The lowest BCUT2D eigenvalue weighted by atomic mass is 10.2. The first-order valence-electron chi connectivity index (χ1n) is 7.10. The molecular formula is C17H18FNO3S. The van der Waals surface area contributed by atoms with Crippen molar-refractivity contribution < 1.29 is 17.6 Å². The summed E-state index contributed by atoms with van der Waals surface area (Å²) in [4.78, 5) is 13.7. The lowest BCUT2D eigenvalue weighted by Crippen LogP contribution is -2.39. The molecule has 1 amide bonds. The fourth-order valence-electron chi connectivity index (χ4n) is 2.16. The predicted molar refractivity (Wildman–Crippen MR) is 88.3 cm³/mol. The van der Waals surface area contributed by atoms with Crippen molar-refractivity contribution in [1.29, 1.82) is 0 Å². The minimum atomic E-state index is -3.82. The Morgan fingerprint density at radius 2 is 1.65 bits per heavy atom. The van der Waals surface area contributed by atoms with Gasteiger partial charge in [-0.15, -0.1) is 0 Å². The fraction of sp³-hybridized carbons (Fsp3) is 0.235. The highest BCUT2D eigenvalue weighted by atomic mass is 32.2. The molecule has 0 bridgehead atoms. The summed E-state index contributed by atoms with van der Waals surface area (Å²) in [6.07, 6.45) is 0. The van der Waals surface area contributed by atoms with Crippen LogP contribution in [-0.4, -0.2) is 26.6 Å². The highest BCUT2D eigenvalue weighted by Gasteiger charge is 2.31. The Kier molecular flexibility index (Phi) is 5.15. The Labute approximate surface area is 135 Å². The molecule has 122 valence electrons. The van der Waals surface area contributed by atoms with Gasteiger partial charge in [0.1, 0.15) is 11.1 Å². The molecule has 0 aromatic heterocycles. The maximum absolute atomic E-state index is 13.6. The molecule has 0 saturated heterocycles. The molecule has 0 fully saturated rings. The Balaban J connectivity index is 2.19. The largest absolute Gasteiger partial charge is 0.314 e. The second kappa shape index (κ2) is 6.91. The van der Waals surface area contributed by atoms with Crippen LogP contribution in [0, 0.1) is 5.82 Å². The van der Waals surface area contributed by atoms with E-state index < -0.39 is 32.6 Å². The van der Waals surface area contributed by atoms with Crippen LogP contribution in [0.1, 0.15) is 12.5 Å². The van der Waals surface area contributed by atoms with E-state index in [0.29, 0.717) is 5.69 Å². The van der Waals surface area contributed by atoms with Crippen LogP contribution >= 0.6 is 0 Å². The van der Waals surface area contributed by atoms with E-state index in [-0.39, 0.29) is 5.56 Å². The Bertz CT molecular complexity index is 790. The fourth-order valence-corrected chi connectivity index (χ4v) is 3.55. The quantitative estimate of drug-likeness (QED) is 0.844. The highest BCUT2D eigenvalue weighted by Crippen LogP contribution is 2.18. The second-order valence-electron chi connectivity index (χ2n) is 5.27. The number of nitrogens with zero attached hydrogens (tertiary/aromatic N) is 1. The maximum Gasteiger partial charge on any atom is 0.244 e. The normalized spacial score (nSPS) is 12.7.